The van der Waals surface area contributed by atoms with Gasteiger partial charge in [-0.15, -0.1) is 11.3 Å². The van der Waals surface area contributed by atoms with E-state index in [0.717, 1.165) is 10.8 Å². The number of rotatable bonds is 3. The third-order valence-electron chi connectivity index (χ3n) is 1.13. The largest absolute Gasteiger partial charge is 0.396 e. The van der Waals surface area contributed by atoms with Crippen molar-refractivity contribution in [3.05, 3.63) is 11.1 Å². The van der Waals surface area contributed by atoms with E-state index in [-0.39, 0.29) is 6.61 Å². The molecule has 1 rings (SSSR count). The molecule has 0 aliphatic heterocycles. The van der Waals surface area contributed by atoms with Gasteiger partial charge in [0.1, 0.15) is 0 Å². The molecule has 1 aromatic rings. The number of nitrogens with one attached hydrogen (secondary N) is 1. The first kappa shape index (κ1) is 7.50. The summed E-state index contributed by atoms with van der Waals surface area (Å²) in [4.78, 5) is 4.17. The number of aliphatic hydroxyl groups is 1. The normalized spacial score (nSPS) is 9.80. The zero-order valence-electron chi connectivity index (χ0n) is 5.79. The van der Waals surface area contributed by atoms with Gasteiger partial charge >= 0.3 is 0 Å². The molecule has 3 nitrogen and oxygen atoms in total. The van der Waals surface area contributed by atoms with Crippen LogP contribution >= 0.6 is 11.3 Å². The van der Waals surface area contributed by atoms with Gasteiger partial charge in [-0.25, -0.2) is 4.98 Å². The fraction of sp³-hybridized carbons (Fsp3) is 0.500. The highest BCUT2D eigenvalue weighted by atomic mass is 32.1. The molecule has 0 aliphatic carbocycles. The van der Waals surface area contributed by atoms with Crippen LogP contribution in [0.1, 0.15) is 5.69 Å². The molecule has 2 N–H and O–H groups in total. The third-order valence-corrected chi connectivity index (χ3v) is 2.04. The molecule has 4 heteroatoms. The number of aliphatic hydroxyl groups excluding tert-OH is 1. The molecule has 0 spiro atoms. The maximum absolute atomic E-state index is 8.55. The fourth-order valence-electron chi connectivity index (χ4n) is 0.651. The average Bonchev–Trinajstić information content (AvgIpc) is 2.37. The van der Waals surface area contributed by atoms with Crippen molar-refractivity contribution in [2.24, 2.45) is 0 Å². The van der Waals surface area contributed by atoms with Crippen molar-refractivity contribution in [2.45, 2.75) is 6.42 Å². The van der Waals surface area contributed by atoms with E-state index in [4.69, 9.17) is 5.11 Å². The maximum atomic E-state index is 8.55. The minimum atomic E-state index is 0.173. The summed E-state index contributed by atoms with van der Waals surface area (Å²) in [6.45, 7) is 0.173. The molecule has 0 saturated heterocycles. The number of aromatic nitrogens is 1. The summed E-state index contributed by atoms with van der Waals surface area (Å²) in [6.07, 6.45) is 0.651. The van der Waals surface area contributed by atoms with Crippen LogP contribution in [0.4, 0.5) is 5.13 Å². The molecular formula is C6H10N2OS. The third kappa shape index (κ3) is 1.68. The molecule has 0 aromatic carbocycles. The molecule has 0 bridgehead atoms. The number of nitrogens with zero attached hydrogens (tertiary/aromatic N) is 1. The molecule has 0 saturated carbocycles. The van der Waals surface area contributed by atoms with Gasteiger partial charge in [0, 0.05) is 25.5 Å². The zero-order valence-corrected chi connectivity index (χ0v) is 6.61. The van der Waals surface area contributed by atoms with Crippen LogP contribution in [-0.2, 0) is 6.42 Å². The van der Waals surface area contributed by atoms with Crippen LogP contribution in [0.15, 0.2) is 5.38 Å². The summed E-state index contributed by atoms with van der Waals surface area (Å²) in [6, 6.07) is 0. The Morgan fingerprint density at radius 1 is 1.80 bits per heavy atom. The Balaban J connectivity index is 2.59. The number of hydrogen-bond acceptors (Lipinski definition) is 4. The highest BCUT2D eigenvalue weighted by Gasteiger charge is 1.97. The number of anilines is 1. The van der Waals surface area contributed by atoms with Crippen molar-refractivity contribution in [1.82, 2.24) is 4.98 Å². The summed E-state index contributed by atoms with van der Waals surface area (Å²) < 4.78 is 0. The highest BCUT2D eigenvalue weighted by molar-refractivity contribution is 7.13. The maximum Gasteiger partial charge on any atom is 0.182 e. The van der Waals surface area contributed by atoms with E-state index >= 15 is 0 Å². The van der Waals surface area contributed by atoms with E-state index in [1.54, 1.807) is 11.3 Å². The molecule has 10 heavy (non-hydrogen) atoms. The quantitative estimate of drug-likeness (QED) is 0.681. The van der Waals surface area contributed by atoms with Crippen molar-refractivity contribution in [3.63, 3.8) is 0 Å². The zero-order chi connectivity index (χ0) is 7.40. The van der Waals surface area contributed by atoms with Gasteiger partial charge in [-0.1, -0.05) is 0 Å². The minimum Gasteiger partial charge on any atom is -0.396 e. The molecule has 0 radical (unpaired) electrons. The van der Waals surface area contributed by atoms with Crippen LogP contribution in [0.25, 0.3) is 0 Å². The van der Waals surface area contributed by atoms with E-state index < -0.39 is 0 Å². The summed E-state index contributed by atoms with van der Waals surface area (Å²) in [5.41, 5.74) is 0.955. The lowest BCUT2D eigenvalue weighted by Gasteiger charge is -1.89. The van der Waals surface area contributed by atoms with Crippen LogP contribution in [0, 0.1) is 0 Å². The lowest BCUT2D eigenvalue weighted by Crippen LogP contribution is -1.91. The first-order chi connectivity index (χ1) is 4.86. The van der Waals surface area contributed by atoms with Gasteiger partial charge in [-0.05, 0) is 0 Å². The van der Waals surface area contributed by atoms with Crippen molar-refractivity contribution in [3.8, 4) is 0 Å². The number of thiazole rings is 1. The molecular weight excluding hydrogens is 148 g/mol. The monoisotopic (exact) mass is 158 g/mol. The Kier molecular flexibility index (Phi) is 2.65. The van der Waals surface area contributed by atoms with E-state index in [2.05, 4.69) is 10.3 Å². The van der Waals surface area contributed by atoms with Gasteiger partial charge < -0.3 is 10.4 Å². The molecule has 0 unspecified atom stereocenters. The summed E-state index contributed by atoms with van der Waals surface area (Å²) in [5.74, 6) is 0. The fourth-order valence-corrected chi connectivity index (χ4v) is 1.36. The molecule has 0 atom stereocenters. The van der Waals surface area contributed by atoms with E-state index in [0.29, 0.717) is 6.42 Å². The Labute approximate surface area is 63.7 Å². The Hall–Kier alpha value is -0.610. The van der Waals surface area contributed by atoms with Crippen LogP contribution < -0.4 is 5.32 Å². The second-order valence-electron chi connectivity index (χ2n) is 1.87. The van der Waals surface area contributed by atoms with Crippen molar-refractivity contribution in [1.29, 1.82) is 0 Å². The lowest BCUT2D eigenvalue weighted by atomic mass is 10.4. The van der Waals surface area contributed by atoms with Crippen LogP contribution in [-0.4, -0.2) is 23.7 Å². The van der Waals surface area contributed by atoms with Crippen molar-refractivity contribution < 1.29 is 5.11 Å². The molecule has 0 aliphatic rings. The van der Waals surface area contributed by atoms with Gasteiger partial charge in [0.15, 0.2) is 5.13 Å². The number of hydrogen-bond donors (Lipinski definition) is 2. The van der Waals surface area contributed by atoms with E-state index in [1.807, 2.05) is 12.4 Å². The standard InChI is InChI=1S/C6H10N2OS/c1-7-6-8-5(2-3-9)4-10-6/h4,9H,2-3H2,1H3,(H,7,8). The highest BCUT2D eigenvalue weighted by Crippen LogP contribution is 2.14. The first-order valence-electron chi connectivity index (χ1n) is 3.10. The topological polar surface area (TPSA) is 45.2 Å². The van der Waals surface area contributed by atoms with Crippen LogP contribution in [0.2, 0.25) is 0 Å². The van der Waals surface area contributed by atoms with Crippen LogP contribution in [0.5, 0.6) is 0 Å². The molecule has 1 aromatic heterocycles. The average molecular weight is 158 g/mol. The molecule has 56 valence electrons. The van der Waals surface area contributed by atoms with Gasteiger partial charge in [0.25, 0.3) is 0 Å². The van der Waals surface area contributed by atoms with Gasteiger partial charge in [0.2, 0.25) is 0 Å². The van der Waals surface area contributed by atoms with E-state index in [1.165, 1.54) is 0 Å². The smallest absolute Gasteiger partial charge is 0.182 e. The van der Waals surface area contributed by atoms with E-state index in [9.17, 15) is 0 Å². The predicted molar refractivity (Wildman–Crippen MR) is 42.5 cm³/mol. The van der Waals surface area contributed by atoms with Crippen LogP contribution in [0.3, 0.4) is 0 Å². The van der Waals surface area contributed by atoms with Crippen molar-refractivity contribution >= 4 is 16.5 Å². The summed E-state index contributed by atoms with van der Waals surface area (Å²) >= 11 is 1.56. The second-order valence-corrected chi connectivity index (χ2v) is 2.73. The van der Waals surface area contributed by atoms with Crippen molar-refractivity contribution in [2.75, 3.05) is 19.0 Å². The first-order valence-corrected chi connectivity index (χ1v) is 3.98. The Bertz CT molecular complexity index is 199. The molecule has 0 amide bonds. The molecule has 0 fully saturated rings. The predicted octanol–water partition coefficient (Wildman–Crippen LogP) is 0.720. The lowest BCUT2D eigenvalue weighted by molar-refractivity contribution is 0.298. The minimum absolute atomic E-state index is 0.173. The van der Waals surface area contributed by atoms with Gasteiger partial charge in [-0.2, -0.15) is 0 Å². The van der Waals surface area contributed by atoms with Gasteiger partial charge in [0.05, 0.1) is 5.69 Å². The summed E-state index contributed by atoms with van der Waals surface area (Å²) in [7, 11) is 1.83. The second kappa shape index (κ2) is 3.53. The summed E-state index contributed by atoms with van der Waals surface area (Å²) in [5, 5.41) is 14.3. The Morgan fingerprint density at radius 2 is 2.60 bits per heavy atom. The van der Waals surface area contributed by atoms with Gasteiger partial charge in [-0.3, -0.25) is 0 Å². The SMILES string of the molecule is CNc1nc(CCO)cs1. The Morgan fingerprint density at radius 3 is 3.10 bits per heavy atom. The molecule has 1 heterocycles.